The fourth-order valence-electron chi connectivity index (χ4n) is 2.25. The maximum atomic E-state index is 11.9. The summed E-state index contributed by atoms with van der Waals surface area (Å²) in [5, 5.41) is 11.6. The molecule has 1 N–H and O–H groups in total. The average molecular weight is 451 g/mol. The molecular weight excluding hydrogens is 432 g/mol. The summed E-state index contributed by atoms with van der Waals surface area (Å²) in [6, 6.07) is 5.98. The number of carbonyl (C=O) groups is 2. The number of ether oxygens (including phenoxy) is 1. The van der Waals surface area contributed by atoms with E-state index in [0.29, 0.717) is 11.3 Å². The zero-order chi connectivity index (χ0) is 20.1. The zero-order valence-corrected chi connectivity index (χ0v) is 17.8. The van der Waals surface area contributed by atoms with Gasteiger partial charge in [-0.1, -0.05) is 15.9 Å². The van der Waals surface area contributed by atoms with Crippen molar-refractivity contribution in [3.63, 3.8) is 0 Å². The number of anilines is 1. The van der Waals surface area contributed by atoms with Crippen molar-refractivity contribution >= 4 is 45.5 Å². The SMILES string of the molecule is Cc1cc(SCC(=O)OCC(=O)Nc2oc(C)c(C)c2C#N)c(C)cc1Br. The van der Waals surface area contributed by atoms with Gasteiger partial charge in [0.1, 0.15) is 17.4 Å². The van der Waals surface area contributed by atoms with Crippen LogP contribution in [0, 0.1) is 39.0 Å². The van der Waals surface area contributed by atoms with Gasteiger partial charge in [-0.2, -0.15) is 5.26 Å². The molecule has 0 spiro atoms. The van der Waals surface area contributed by atoms with Crippen LogP contribution in [0.5, 0.6) is 0 Å². The molecule has 0 fully saturated rings. The van der Waals surface area contributed by atoms with E-state index >= 15 is 0 Å². The van der Waals surface area contributed by atoms with E-state index in [4.69, 9.17) is 14.4 Å². The Balaban J connectivity index is 1.85. The number of hydrogen-bond acceptors (Lipinski definition) is 6. The van der Waals surface area contributed by atoms with E-state index in [1.807, 2.05) is 32.0 Å². The third-order valence-corrected chi connectivity index (χ3v) is 5.90. The number of amides is 1. The van der Waals surface area contributed by atoms with Crippen molar-refractivity contribution in [3.05, 3.63) is 44.6 Å². The summed E-state index contributed by atoms with van der Waals surface area (Å²) in [4.78, 5) is 24.8. The molecule has 1 heterocycles. The predicted molar refractivity (Wildman–Crippen MR) is 107 cm³/mol. The summed E-state index contributed by atoms with van der Waals surface area (Å²) < 4.78 is 11.4. The first kappa shape index (κ1) is 21.1. The Kier molecular flexibility index (Phi) is 7.11. The smallest absolute Gasteiger partial charge is 0.316 e. The lowest BCUT2D eigenvalue weighted by Gasteiger charge is -2.09. The molecule has 2 aromatic rings. The third-order valence-electron chi connectivity index (χ3n) is 3.92. The number of nitriles is 1. The van der Waals surface area contributed by atoms with Gasteiger partial charge in [0.15, 0.2) is 6.61 Å². The van der Waals surface area contributed by atoms with Crippen molar-refractivity contribution in [1.82, 2.24) is 0 Å². The van der Waals surface area contributed by atoms with E-state index < -0.39 is 18.5 Å². The van der Waals surface area contributed by atoms with E-state index in [2.05, 4.69) is 21.2 Å². The number of nitrogens with zero attached hydrogens (tertiary/aromatic N) is 1. The Labute approximate surface area is 170 Å². The lowest BCUT2D eigenvalue weighted by atomic mass is 10.2. The quantitative estimate of drug-likeness (QED) is 0.516. The van der Waals surface area contributed by atoms with Crippen molar-refractivity contribution in [2.45, 2.75) is 32.6 Å². The molecule has 0 unspecified atom stereocenters. The monoisotopic (exact) mass is 450 g/mol. The topological polar surface area (TPSA) is 92.3 Å². The van der Waals surface area contributed by atoms with Crippen LogP contribution in [0.3, 0.4) is 0 Å². The molecule has 0 aliphatic rings. The molecule has 1 aromatic carbocycles. The van der Waals surface area contributed by atoms with Crippen LogP contribution in [0.25, 0.3) is 0 Å². The molecule has 27 heavy (non-hydrogen) atoms. The number of hydrogen-bond donors (Lipinski definition) is 1. The van der Waals surface area contributed by atoms with Gasteiger partial charge < -0.3 is 9.15 Å². The lowest BCUT2D eigenvalue weighted by Crippen LogP contribution is -2.21. The number of rotatable bonds is 6. The number of carbonyl (C=O) groups excluding carboxylic acids is 2. The van der Waals surface area contributed by atoms with Gasteiger partial charge in [0.25, 0.3) is 5.91 Å². The first-order chi connectivity index (χ1) is 12.7. The molecule has 0 saturated heterocycles. The molecule has 8 heteroatoms. The van der Waals surface area contributed by atoms with Crippen LogP contribution in [0.4, 0.5) is 5.88 Å². The Bertz CT molecular complexity index is 931. The van der Waals surface area contributed by atoms with Crippen molar-refractivity contribution in [2.75, 3.05) is 17.7 Å². The summed E-state index contributed by atoms with van der Waals surface area (Å²) in [6.07, 6.45) is 0. The molecule has 6 nitrogen and oxygen atoms in total. The molecular formula is C19H19BrN2O4S. The van der Waals surface area contributed by atoms with E-state index in [0.717, 1.165) is 20.5 Å². The van der Waals surface area contributed by atoms with E-state index in [1.54, 1.807) is 13.8 Å². The molecule has 0 radical (unpaired) electrons. The Morgan fingerprint density at radius 3 is 2.63 bits per heavy atom. The zero-order valence-electron chi connectivity index (χ0n) is 15.4. The van der Waals surface area contributed by atoms with Gasteiger partial charge in [-0.15, -0.1) is 11.8 Å². The second-order valence-corrected chi connectivity index (χ2v) is 7.84. The number of furan rings is 1. The number of benzene rings is 1. The molecule has 142 valence electrons. The third kappa shape index (κ3) is 5.37. The van der Waals surface area contributed by atoms with Crippen molar-refractivity contribution in [3.8, 4) is 6.07 Å². The normalized spacial score (nSPS) is 10.4. The highest BCUT2D eigenvalue weighted by atomic mass is 79.9. The number of nitrogens with one attached hydrogen (secondary N) is 1. The lowest BCUT2D eigenvalue weighted by molar-refractivity contribution is -0.144. The highest BCUT2D eigenvalue weighted by Crippen LogP contribution is 2.28. The predicted octanol–water partition coefficient (Wildman–Crippen LogP) is 4.42. The van der Waals surface area contributed by atoms with Crippen LogP contribution < -0.4 is 5.32 Å². The molecule has 1 amide bonds. The summed E-state index contributed by atoms with van der Waals surface area (Å²) in [7, 11) is 0. The summed E-state index contributed by atoms with van der Waals surface area (Å²) in [5.74, 6) is -0.339. The number of halogens is 1. The van der Waals surface area contributed by atoms with Crippen LogP contribution in [-0.4, -0.2) is 24.2 Å². The van der Waals surface area contributed by atoms with Gasteiger partial charge in [0.2, 0.25) is 5.88 Å². The molecule has 2 rings (SSSR count). The number of aryl methyl sites for hydroxylation is 3. The molecule has 0 atom stereocenters. The Hall–Kier alpha value is -2.24. The standard InChI is InChI=1S/C19H19BrN2O4S/c1-10-6-16(11(2)5-15(10)20)27-9-18(24)25-8-17(23)22-19-14(7-21)12(3)13(4)26-19/h5-6H,8-9H2,1-4H3,(H,22,23). The van der Waals surface area contributed by atoms with Gasteiger partial charge in [-0.25, -0.2) is 0 Å². The maximum absolute atomic E-state index is 11.9. The minimum Gasteiger partial charge on any atom is -0.455 e. The fourth-order valence-corrected chi connectivity index (χ4v) is 3.61. The van der Waals surface area contributed by atoms with Gasteiger partial charge in [0, 0.05) is 14.9 Å². The molecule has 1 aromatic heterocycles. The van der Waals surface area contributed by atoms with Crippen molar-refractivity contribution < 1.29 is 18.7 Å². The first-order valence-electron chi connectivity index (χ1n) is 8.08. The Morgan fingerprint density at radius 2 is 1.96 bits per heavy atom. The van der Waals surface area contributed by atoms with Crippen LogP contribution in [0.2, 0.25) is 0 Å². The fraction of sp³-hybridized carbons (Fsp3) is 0.316. The second-order valence-electron chi connectivity index (χ2n) is 5.96. The molecule has 0 saturated carbocycles. The van der Waals surface area contributed by atoms with E-state index in [1.165, 1.54) is 11.8 Å². The highest BCUT2D eigenvalue weighted by Gasteiger charge is 2.17. The van der Waals surface area contributed by atoms with Crippen LogP contribution in [0.15, 0.2) is 25.9 Å². The summed E-state index contributed by atoms with van der Waals surface area (Å²) in [5.41, 5.74) is 3.06. The van der Waals surface area contributed by atoms with Crippen molar-refractivity contribution in [1.29, 1.82) is 5.26 Å². The van der Waals surface area contributed by atoms with Gasteiger partial charge in [0.05, 0.1) is 5.75 Å². The summed E-state index contributed by atoms with van der Waals surface area (Å²) >= 11 is 4.83. The maximum Gasteiger partial charge on any atom is 0.316 e. The Morgan fingerprint density at radius 1 is 1.26 bits per heavy atom. The number of esters is 1. The highest BCUT2D eigenvalue weighted by molar-refractivity contribution is 9.10. The molecule has 0 aliphatic carbocycles. The van der Waals surface area contributed by atoms with Crippen LogP contribution in [0.1, 0.15) is 28.0 Å². The van der Waals surface area contributed by atoms with Gasteiger partial charge >= 0.3 is 5.97 Å². The number of thioether (sulfide) groups is 1. The largest absolute Gasteiger partial charge is 0.455 e. The van der Waals surface area contributed by atoms with Gasteiger partial charge in [-0.3, -0.25) is 14.9 Å². The molecule has 0 aliphatic heterocycles. The van der Waals surface area contributed by atoms with Crippen LogP contribution >= 0.6 is 27.7 Å². The minimum absolute atomic E-state index is 0.0730. The molecule has 0 bridgehead atoms. The second kappa shape index (κ2) is 9.11. The average Bonchev–Trinajstić information content (AvgIpc) is 2.88. The minimum atomic E-state index is -0.561. The van der Waals surface area contributed by atoms with Gasteiger partial charge in [-0.05, 0) is 51.0 Å². The first-order valence-corrected chi connectivity index (χ1v) is 9.86. The van der Waals surface area contributed by atoms with E-state index in [-0.39, 0.29) is 17.2 Å². The van der Waals surface area contributed by atoms with E-state index in [9.17, 15) is 9.59 Å². The van der Waals surface area contributed by atoms with Crippen molar-refractivity contribution in [2.24, 2.45) is 0 Å². The summed E-state index contributed by atoms with van der Waals surface area (Å²) in [6.45, 7) is 6.93. The van der Waals surface area contributed by atoms with Crippen LogP contribution in [-0.2, 0) is 14.3 Å².